The zero-order valence-corrected chi connectivity index (χ0v) is 17.2. The van der Waals surface area contributed by atoms with Gasteiger partial charge in [0.15, 0.2) is 0 Å². The van der Waals surface area contributed by atoms with Gasteiger partial charge in [-0.1, -0.05) is 36.4 Å². The van der Waals surface area contributed by atoms with Crippen LogP contribution in [0.25, 0.3) is 0 Å². The van der Waals surface area contributed by atoms with Gasteiger partial charge in [0, 0.05) is 18.5 Å². The molecule has 28 heavy (non-hydrogen) atoms. The highest BCUT2D eigenvalue weighted by Crippen LogP contribution is 2.24. The van der Waals surface area contributed by atoms with Crippen molar-refractivity contribution in [3.05, 3.63) is 79.0 Å². The summed E-state index contributed by atoms with van der Waals surface area (Å²) < 4.78 is 32.9. The molecule has 0 amide bonds. The molecule has 3 aromatic rings. The van der Waals surface area contributed by atoms with Gasteiger partial charge in [-0.05, 0) is 43.3 Å². The van der Waals surface area contributed by atoms with Gasteiger partial charge in [-0.15, -0.1) is 11.8 Å². The SMILES string of the molecule is CCN(c1ccccc1)S(=O)(=O)c1ccc(SCCOc2ccccc2)nc1. The Kier molecular flexibility index (Phi) is 6.95. The minimum absolute atomic E-state index is 0.183. The number of anilines is 1. The molecule has 0 radical (unpaired) electrons. The second-order valence-electron chi connectivity index (χ2n) is 5.85. The summed E-state index contributed by atoms with van der Waals surface area (Å²) in [6.07, 6.45) is 1.42. The highest BCUT2D eigenvalue weighted by Gasteiger charge is 2.23. The molecule has 1 heterocycles. The molecular formula is C21H22N2O3S2. The van der Waals surface area contributed by atoms with Crippen LogP contribution in [0.15, 0.2) is 88.9 Å². The van der Waals surface area contributed by atoms with E-state index in [0.29, 0.717) is 18.8 Å². The van der Waals surface area contributed by atoms with Crippen LogP contribution in [0, 0.1) is 0 Å². The number of para-hydroxylation sites is 2. The minimum atomic E-state index is -3.65. The van der Waals surface area contributed by atoms with Gasteiger partial charge in [-0.2, -0.15) is 0 Å². The van der Waals surface area contributed by atoms with Crippen LogP contribution in [-0.2, 0) is 10.0 Å². The van der Waals surface area contributed by atoms with Gasteiger partial charge < -0.3 is 4.74 Å². The summed E-state index contributed by atoms with van der Waals surface area (Å²) in [5.74, 6) is 1.55. The first-order chi connectivity index (χ1) is 13.6. The van der Waals surface area contributed by atoms with Crippen molar-refractivity contribution in [1.82, 2.24) is 4.98 Å². The Balaban J connectivity index is 1.61. The van der Waals surface area contributed by atoms with Gasteiger partial charge in [-0.25, -0.2) is 13.4 Å². The van der Waals surface area contributed by atoms with Crippen molar-refractivity contribution < 1.29 is 13.2 Å². The number of aromatic nitrogens is 1. The third-order valence-corrected chi connectivity index (χ3v) is 6.77. The maximum Gasteiger partial charge on any atom is 0.265 e. The average molecular weight is 415 g/mol. The molecule has 0 atom stereocenters. The van der Waals surface area contributed by atoms with Crippen molar-refractivity contribution in [1.29, 1.82) is 0 Å². The number of thioether (sulfide) groups is 1. The summed E-state index contributed by atoms with van der Waals surface area (Å²) in [5, 5.41) is 0.762. The van der Waals surface area contributed by atoms with E-state index in [9.17, 15) is 8.42 Å². The topological polar surface area (TPSA) is 59.5 Å². The monoisotopic (exact) mass is 414 g/mol. The summed E-state index contributed by atoms with van der Waals surface area (Å²) >= 11 is 1.52. The highest BCUT2D eigenvalue weighted by atomic mass is 32.2. The Morgan fingerprint density at radius 1 is 0.964 bits per heavy atom. The lowest BCUT2D eigenvalue weighted by Gasteiger charge is -2.22. The smallest absolute Gasteiger partial charge is 0.265 e. The average Bonchev–Trinajstić information content (AvgIpc) is 2.73. The Morgan fingerprint density at radius 2 is 1.64 bits per heavy atom. The first-order valence-electron chi connectivity index (χ1n) is 8.96. The number of sulfonamides is 1. The Bertz CT molecular complexity index is 964. The summed E-state index contributed by atoms with van der Waals surface area (Å²) in [6, 6.07) is 22.0. The molecule has 0 N–H and O–H groups in total. The van der Waals surface area contributed by atoms with Crippen LogP contribution in [0.5, 0.6) is 5.75 Å². The number of hydrogen-bond donors (Lipinski definition) is 0. The molecule has 0 fully saturated rings. The molecule has 0 aliphatic heterocycles. The van der Waals surface area contributed by atoms with E-state index in [0.717, 1.165) is 16.5 Å². The van der Waals surface area contributed by atoms with Crippen LogP contribution >= 0.6 is 11.8 Å². The van der Waals surface area contributed by atoms with Gasteiger partial charge in [-0.3, -0.25) is 4.31 Å². The third kappa shape index (κ3) is 5.05. The predicted octanol–water partition coefficient (Wildman–Crippen LogP) is 4.47. The van der Waals surface area contributed by atoms with Crippen molar-refractivity contribution in [3.8, 4) is 5.75 Å². The number of nitrogens with zero attached hydrogens (tertiary/aromatic N) is 2. The molecule has 1 aromatic heterocycles. The minimum Gasteiger partial charge on any atom is -0.493 e. The Hall–Kier alpha value is -2.51. The lowest BCUT2D eigenvalue weighted by Crippen LogP contribution is -2.30. The van der Waals surface area contributed by atoms with Crippen LogP contribution in [-0.4, -0.2) is 32.3 Å². The van der Waals surface area contributed by atoms with E-state index in [2.05, 4.69) is 4.98 Å². The molecule has 3 rings (SSSR count). The molecule has 5 nitrogen and oxygen atoms in total. The molecule has 146 valence electrons. The largest absolute Gasteiger partial charge is 0.493 e. The van der Waals surface area contributed by atoms with Gasteiger partial charge in [0.25, 0.3) is 10.0 Å². The number of rotatable bonds is 9. The van der Waals surface area contributed by atoms with Crippen molar-refractivity contribution in [3.63, 3.8) is 0 Å². The zero-order chi connectivity index (χ0) is 19.8. The number of hydrogen-bond acceptors (Lipinski definition) is 5. The molecule has 0 saturated heterocycles. The molecule has 0 spiro atoms. The third-order valence-electron chi connectivity index (χ3n) is 3.97. The fourth-order valence-corrected chi connectivity index (χ4v) is 4.73. The molecule has 0 aliphatic rings. The van der Waals surface area contributed by atoms with E-state index < -0.39 is 10.0 Å². The van der Waals surface area contributed by atoms with Gasteiger partial charge in [0.05, 0.1) is 17.3 Å². The van der Waals surface area contributed by atoms with Gasteiger partial charge >= 0.3 is 0 Å². The van der Waals surface area contributed by atoms with Crippen molar-refractivity contribution in [2.24, 2.45) is 0 Å². The molecule has 0 bridgehead atoms. The van der Waals surface area contributed by atoms with E-state index in [1.165, 1.54) is 22.3 Å². The fourth-order valence-electron chi connectivity index (χ4n) is 2.64. The summed E-state index contributed by atoms with van der Waals surface area (Å²) in [7, 11) is -3.65. The maximum atomic E-state index is 13.0. The first kappa shape index (κ1) is 20.2. The van der Waals surface area contributed by atoms with Gasteiger partial charge in [0.1, 0.15) is 10.6 Å². The summed E-state index contributed by atoms with van der Waals surface area (Å²) in [4.78, 5) is 4.48. The fraction of sp³-hybridized carbons (Fsp3) is 0.190. The van der Waals surface area contributed by atoms with E-state index in [-0.39, 0.29) is 4.90 Å². The molecule has 0 aliphatic carbocycles. The summed E-state index contributed by atoms with van der Waals surface area (Å²) in [6.45, 7) is 2.71. The molecule has 0 saturated carbocycles. The molecular weight excluding hydrogens is 392 g/mol. The Labute approximate surface area is 170 Å². The molecule has 0 unspecified atom stereocenters. The van der Waals surface area contributed by atoms with Crippen molar-refractivity contribution in [2.45, 2.75) is 16.8 Å². The van der Waals surface area contributed by atoms with Gasteiger partial charge in [0.2, 0.25) is 0 Å². The Morgan fingerprint density at radius 3 is 2.25 bits per heavy atom. The zero-order valence-electron chi connectivity index (χ0n) is 15.6. The van der Waals surface area contributed by atoms with Crippen LogP contribution in [0.2, 0.25) is 0 Å². The highest BCUT2D eigenvalue weighted by molar-refractivity contribution is 7.99. The number of pyridine rings is 1. The van der Waals surface area contributed by atoms with Crippen LogP contribution in [0.1, 0.15) is 6.92 Å². The van der Waals surface area contributed by atoms with E-state index >= 15 is 0 Å². The van der Waals surface area contributed by atoms with E-state index in [4.69, 9.17) is 4.74 Å². The molecule has 7 heteroatoms. The first-order valence-corrected chi connectivity index (χ1v) is 11.4. The molecule has 2 aromatic carbocycles. The quantitative estimate of drug-likeness (QED) is 0.382. The van der Waals surface area contributed by atoms with E-state index in [1.54, 1.807) is 24.3 Å². The number of benzene rings is 2. The standard InChI is InChI=1S/C21H22N2O3S2/c1-2-23(18-9-5-3-6-10-18)28(24,25)20-13-14-21(22-17-20)27-16-15-26-19-11-7-4-8-12-19/h3-14,17H,2,15-16H2,1H3. The lowest BCUT2D eigenvalue weighted by atomic mass is 10.3. The van der Waals surface area contributed by atoms with Crippen molar-refractivity contribution in [2.75, 3.05) is 23.2 Å². The van der Waals surface area contributed by atoms with Crippen LogP contribution < -0.4 is 9.04 Å². The van der Waals surface area contributed by atoms with Crippen LogP contribution in [0.3, 0.4) is 0 Å². The lowest BCUT2D eigenvalue weighted by molar-refractivity contribution is 0.344. The predicted molar refractivity (Wildman–Crippen MR) is 114 cm³/mol. The van der Waals surface area contributed by atoms with Crippen LogP contribution in [0.4, 0.5) is 5.69 Å². The second kappa shape index (κ2) is 9.61. The van der Waals surface area contributed by atoms with Crippen molar-refractivity contribution >= 4 is 27.5 Å². The normalized spacial score (nSPS) is 11.2. The number of ether oxygens (including phenoxy) is 1. The van der Waals surface area contributed by atoms with E-state index in [1.807, 2.05) is 55.5 Å². The summed E-state index contributed by atoms with van der Waals surface area (Å²) in [5.41, 5.74) is 0.640. The second-order valence-corrected chi connectivity index (χ2v) is 8.82. The maximum absolute atomic E-state index is 13.0.